The fourth-order valence-corrected chi connectivity index (χ4v) is 6.19. The van der Waals surface area contributed by atoms with Gasteiger partial charge in [-0.3, -0.25) is 4.79 Å². The van der Waals surface area contributed by atoms with Crippen molar-refractivity contribution >= 4 is 51.9 Å². The first-order valence-corrected chi connectivity index (χ1v) is 12.7. The Morgan fingerprint density at radius 2 is 2.00 bits per heavy atom. The fourth-order valence-electron chi connectivity index (χ4n) is 5.20. The van der Waals surface area contributed by atoms with Crippen LogP contribution in [0.5, 0.6) is 0 Å². The molecule has 1 unspecified atom stereocenters. The van der Waals surface area contributed by atoms with E-state index in [1.54, 1.807) is 0 Å². The number of carbonyl (C=O) groups is 1. The van der Waals surface area contributed by atoms with Crippen LogP contribution in [0.2, 0.25) is 5.02 Å². The Morgan fingerprint density at radius 1 is 1.27 bits per heavy atom. The number of hydrogen-bond donors (Lipinski definition) is 1. The van der Waals surface area contributed by atoms with Crippen LogP contribution in [0.1, 0.15) is 69.2 Å². The van der Waals surface area contributed by atoms with Crippen LogP contribution in [0.4, 0.5) is 11.4 Å². The molecule has 0 aliphatic carbocycles. The molecule has 1 fully saturated rings. The average Bonchev–Trinajstić information content (AvgIpc) is 3.04. The molecule has 33 heavy (non-hydrogen) atoms. The molecule has 2 heterocycles. The van der Waals surface area contributed by atoms with Crippen molar-refractivity contribution in [3.8, 4) is 0 Å². The molecule has 0 radical (unpaired) electrons. The summed E-state index contributed by atoms with van der Waals surface area (Å²) in [5.74, 6) is 0.337. The number of fused-ring (bicyclic) bond motifs is 1. The molecule has 0 aromatic heterocycles. The second-order valence-electron chi connectivity index (χ2n) is 10.0. The van der Waals surface area contributed by atoms with Gasteiger partial charge in [-0.05, 0) is 118 Å². The first-order chi connectivity index (χ1) is 15.5. The van der Waals surface area contributed by atoms with Gasteiger partial charge in [0.05, 0.1) is 10.6 Å². The summed E-state index contributed by atoms with van der Waals surface area (Å²) in [4.78, 5) is 20.5. The summed E-state index contributed by atoms with van der Waals surface area (Å²) in [6, 6.07) is 10.6. The molecule has 0 spiro atoms. The van der Waals surface area contributed by atoms with Crippen LogP contribution in [-0.4, -0.2) is 22.7 Å². The average molecular weight is 482 g/mol. The summed E-state index contributed by atoms with van der Waals surface area (Å²) in [5, 5.41) is 4.14. The Labute approximate surface area is 206 Å². The first-order valence-electron chi connectivity index (χ1n) is 11.5. The van der Waals surface area contributed by atoms with Gasteiger partial charge in [0.2, 0.25) is 0 Å². The molecule has 2 aliphatic heterocycles. The molecule has 1 atom stereocenters. The Morgan fingerprint density at radius 3 is 2.70 bits per heavy atom. The predicted octanol–water partition coefficient (Wildman–Crippen LogP) is 7.35. The number of amides is 1. The van der Waals surface area contributed by atoms with Crippen molar-refractivity contribution in [1.29, 1.82) is 0 Å². The number of nitrogens with one attached hydrogen (secondary N) is 1. The van der Waals surface area contributed by atoms with Gasteiger partial charge in [-0.15, -0.1) is 0 Å². The normalized spacial score (nSPS) is 22.3. The highest BCUT2D eigenvalue weighted by Gasteiger charge is 2.38. The Hall–Kier alpha value is -2.24. The van der Waals surface area contributed by atoms with E-state index in [-0.39, 0.29) is 11.4 Å². The van der Waals surface area contributed by atoms with Gasteiger partial charge < -0.3 is 10.2 Å². The highest BCUT2D eigenvalue weighted by molar-refractivity contribution is 8.18. The number of carbonyl (C=O) groups excluding carboxylic acids is 1. The molecule has 1 amide bonds. The molecule has 174 valence electrons. The van der Waals surface area contributed by atoms with E-state index < -0.39 is 0 Å². The quantitative estimate of drug-likeness (QED) is 0.466. The second-order valence-corrected chi connectivity index (χ2v) is 11.5. The van der Waals surface area contributed by atoms with Crippen molar-refractivity contribution in [2.45, 2.75) is 72.4 Å². The van der Waals surface area contributed by atoms with Crippen molar-refractivity contribution in [1.82, 2.24) is 5.32 Å². The van der Waals surface area contributed by atoms with Crippen LogP contribution >= 0.6 is 23.4 Å². The van der Waals surface area contributed by atoms with E-state index in [1.165, 1.54) is 28.6 Å². The zero-order chi connectivity index (χ0) is 24.1. The number of amidine groups is 1. The van der Waals surface area contributed by atoms with Crippen molar-refractivity contribution < 1.29 is 4.79 Å². The number of aliphatic imine (C=N–C) groups is 1. The maximum Gasteiger partial charge on any atom is 0.264 e. The van der Waals surface area contributed by atoms with Gasteiger partial charge in [0.15, 0.2) is 5.17 Å². The Balaban J connectivity index is 1.69. The minimum absolute atomic E-state index is 0.109. The van der Waals surface area contributed by atoms with Gasteiger partial charge in [0.25, 0.3) is 5.91 Å². The zero-order valence-corrected chi connectivity index (χ0v) is 22.0. The minimum Gasteiger partial charge on any atom is -0.364 e. The van der Waals surface area contributed by atoms with E-state index in [9.17, 15) is 4.79 Å². The fraction of sp³-hybridized carbons (Fsp3) is 0.407. The number of thioether (sulfide) groups is 1. The highest BCUT2D eigenvalue weighted by Crippen LogP contribution is 2.46. The lowest BCUT2D eigenvalue weighted by Gasteiger charge is -2.50. The molecule has 4 nitrogen and oxygen atoms in total. The van der Waals surface area contributed by atoms with Crippen molar-refractivity contribution in [2.24, 2.45) is 4.99 Å². The van der Waals surface area contributed by atoms with Crippen LogP contribution in [-0.2, 0) is 4.79 Å². The van der Waals surface area contributed by atoms with Crippen molar-refractivity contribution in [2.75, 3.05) is 4.90 Å². The molecule has 2 aromatic rings. The topological polar surface area (TPSA) is 44.7 Å². The molecule has 2 aromatic carbocycles. The number of benzene rings is 2. The molecule has 6 heteroatoms. The molecule has 2 aliphatic rings. The molecule has 1 saturated heterocycles. The smallest absolute Gasteiger partial charge is 0.264 e. The van der Waals surface area contributed by atoms with Crippen molar-refractivity contribution in [3.63, 3.8) is 0 Å². The third-order valence-corrected chi connectivity index (χ3v) is 7.90. The standard InChI is InChI=1S/C27H32ClN3OS/c1-15(2)31-23-11-16(3)19(12-20(23)17(4)14-27(31,6)7)13-24-25(32)30-26(33-24)29-22-10-8-9-21(28)18(22)5/h8-13,15,17H,14H2,1-7H3,(H,29,30,32)/b24-13-. The van der Waals surface area contributed by atoms with Crippen LogP contribution in [0, 0.1) is 13.8 Å². The summed E-state index contributed by atoms with van der Waals surface area (Å²) in [6.45, 7) is 15.5. The predicted molar refractivity (Wildman–Crippen MR) is 143 cm³/mol. The van der Waals surface area contributed by atoms with Crippen LogP contribution in [0.15, 0.2) is 40.2 Å². The number of nitrogens with zero attached hydrogens (tertiary/aromatic N) is 2. The lowest BCUT2D eigenvalue weighted by Crippen LogP contribution is -2.51. The molecule has 4 rings (SSSR count). The second kappa shape index (κ2) is 8.84. The van der Waals surface area contributed by atoms with E-state index in [2.05, 4.69) is 68.9 Å². The molecule has 0 bridgehead atoms. The van der Waals surface area contributed by atoms with E-state index in [4.69, 9.17) is 11.6 Å². The van der Waals surface area contributed by atoms with E-state index >= 15 is 0 Å². The minimum atomic E-state index is -0.117. The van der Waals surface area contributed by atoms with Crippen LogP contribution in [0.25, 0.3) is 6.08 Å². The van der Waals surface area contributed by atoms with E-state index in [0.29, 0.717) is 27.1 Å². The van der Waals surface area contributed by atoms with Gasteiger partial charge in [-0.25, -0.2) is 4.99 Å². The molecular weight excluding hydrogens is 450 g/mol. The monoisotopic (exact) mass is 481 g/mol. The third-order valence-electron chi connectivity index (χ3n) is 6.58. The first kappa shape index (κ1) is 23.9. The maximum absolute atomic E-state index is 12.7. The Bertz CT molecular complexity index is 1180. The number of halogens is 1. The lowest BCUT2D eigenvalue weighted by molar-refractivity contribution is -0.115. The van der Waals surface area contributed by atoms with Gasteiger partial charge in [0.1, 0.15) is 0 Å². The molecular formula is C27H32ClN3OS. The number of rotatable bonds is 3. The molecule has 1 N–H and O–H groups in total. The summed E-state index contributed by atoms with van der Waals surface area (Å²) >= 11 is 7.59. The largest absolute Gasteiger partial charge is 0.364 e. The summed E-state index contributed by atoms with van der Waals surface area (Å²) < 4.78 is 0. The van der Waals surface area contributed by atoms with Gasteiger partial charge in [0, 0.05) is 22.3 Å². The number of aryl methyl sites for hydroxylation is 1. The SMILES string of the molecule is Cc1cc2c(cc1/C=C1\SC(=Nc3cccc(Cl)c3C)NC1=O)C(C)CC(C)(C)N2C(C)C. The summed E-state index contributed by atoms with van der Waals surface area (Å²) in [7, 11) is 0. The van der Waals surface area contributed by atoms with E-state index in [1.807, 2.05) is 31.2 Å². The third kappa shape index (κ3) is 4.58. The van der Waals surface area contributed by atoms with E-state index in [0.717, 1.165) is 23.2 Å². The number of anilines is 1. The Kier molecular flexibility index (Phi) is 6.41. The zero-order valence-electron chi connectivity index (χ0n) is 20.4. The molecule has 0 saturated carbocycles. The van der Waals surface area contributed by atoms with Gasteiger partial charge in [-0.2, -0.15) is 0 Å². The summed E-state index contributed by atoms with van der Waals surface area (Å²) in [5.41, 5.74) is 6.70. The van der Waals surface area contributed by atoms with Crippen LogP contribution < -0.4 is 10.2 Å². The maximum atomic E-state index is 12.7. The van der Waals surface area contributed by atoms with Crippen molar-refractivity contribution in [3.05, 3.63) is 62.5 Å². The highest BCUT2D eigenvalue weighted by atomic mass is 35.5. The van der Waals surface area contributed by atoms with Gasteiger partial charge in [-0.1, -0.05) is 24.6 Å². The van der Waals surface area contributed by atoms with Crippen LogP contribution in [0.3, 0.4) is 0 Å². The number of hydrogen-bond acceptors (Lipinski definition) is 4. The van der Waals surface area contributed by atoms with Gasteiger partial charge >= 0.3 is 0 Å². The lowest BCUT2D eigenvalue weighted by atomic mass is 9.78. The summed E-state index contributed by atoms with van der Waals surface area (Å²) in [6.07, 6.45) is 3.09.